The lowest BCUT2D eigenvalue weighted by Crippen LogP contribution is -2.49. The van der Waals surface area contributed by atoms with Crippen molar-refractivity contribution in [2.45, 2.75) is 38.1 Å². The monoisotopic (exact) mass is 288 g/mol. The molecule has 0 saturated carbocycles. The third kappa shape index (κ3) is 3.24. The molecule has 0 aromatic heterocycles. The van der Waals surface area contributed by atoms with Gasteiger partial charge in [-0.05, 0) is 44.0 Å². The van der Waals surface area contributed by atoms with Gasteiger partial charge in [0.15, 0.2) is 0 Å². The lowest BCUT2D eigenvalue weighted by molar-refractivity contribution is 0.123. The number of piperidine rings is 1. The number of likely N-dealkylation sites (tertiary alicyclic amines) is 1. The fourth-order valence-electron chi connectivity index (χ4n) is 3.98. The molecule has 0 aliphatic carbocycles. The van der Waals surface area contributed by atoms with Crippen LogP contribution in [0, 0.1) is 5.92 Å². The Balaban J connectivity index is 1.65. The molecule has 3 heteroatoms. The molecule has 1 saturated heterocycles. The van der Waals surface area contributed by atoms with Gasteiger partial charge in [-0.15, -0.1) is 0 Å². The minimum Gasteiger partial charge on any atom is -0.493 e. The van der Waals surface area contributed by atoms with E-state index in [1.165, 1.54) is 38.0 Å². The number of fused-ring (bicyclic) bond motifs is 1. The summed E-state index contributed by atoms with van der Waals surface area (Å²) in [6, 6.07) is 9.28. The molecule has 3 rings (SSSR count). The van der Waals surface area contributed by atoms with E-state index >= 15 is 0 Å². The average Bonchev–Trinajstić information content (AvgIpc) is 2.55. The van der Waals surface area contributed by atoms with E-state index in [4.69, 9.17) is 4.74 Å². The summed E-state index contributed by atoms with van der Waals surface area (Å²) in [5.74, 6) is 2.53. The number of ether oxygens (including phenoxy) is 1. The molecule has 0 amide bonds. The van der Waals surface area contributed by atoms with Gasteiger partial charge >= 0.3 is 0 Å². The number of nitrogens with one attached hydrogen (secondary N) is 1. The van der Waals surface area contributed by atoms with E-state index in [0.29, 0.717) is 12.0 Å². The third-order valence-corrected chi connectivity index (χ3v) is 5.27. The maximum absolute atomic E-state index is 5.79. The smallest absolute Gasteiger partial charge is 0.122 e. The highest BCUT2D eigenvalue weighted by molar-refractivity contribution is 5.37. The van der Waals surface area contributed by atoms with Crippen molar-refractivity contribution in [3.63, 3.8) is 0 Å². The van der Waals surface area contributed by atoms with E-state index in [9.17, 15) is 0 Å². The molecule has 2 aliphatic rings. The molecule has 2 heterocycles. The minimum absolute atomic E-state index is 0.638. The number of rotatable bonds is 4. The van der Waals surface area contributed by atoms with Crippen molar-refractivity contribution < 1.29 is 4.74 Å². The number of benzene rings is 1. The molecule has 0 radical (unpaired) electrons. The fraction of sp³-hybridized carbons (Fsp3) is 0.667. The Morgan fingerprint density at radius 2 is 2.14 bits per heavy atom. The van der Waals surface area contributed by atoms with Gasteiger partial charge in [0.25, 0.3) is 0 Å². The fourth-order valence-corrected chi connectivity index (χ4v) is 3.98. The van der Waals surface area contributed by atoms with Crippen molar-refractivity contribution in [1.82, 2.24) is 10.2 Å². The maximum Gasteiger partial charge on any atom is 0.122 e. The first kappa shape index (κ1) is 14.9. The van der Waals surface area contributed by atoms with Crippen molar-refractivity contribution in [2.24, 2.45) is 5.92 Å². The Bertz CT molecular complexity index is 462. The van der Waals surface area contributed by atoms with Crippen LogP contribution < -0.4 is 10.1 Å². The van der Waals surface area contributed by atoms with Gasteiger partial charge in [-0.3, -0.25) is 0 Å². The summed E-state index contributed by atoms with van der Waals surface area (Å²) in [6.07, 6.45) is 3.70. The maximum atomic E-state index is 5.79. The second-order valence-corrected chi connectivity index (χ2v) is 6.48. The zero-order chi connectivity index (χ0) is 14.7. The molecule has 1 N–H and O–H groups in total. The summed E-state index contributed by atoms with van der Waals surface area (Å²) >= 11 is 0. The predicted molar refractivity (Wildman–Crippen MR) is 87.0 cm³/mol. The van der Waals surface area contributed by atoms with Gasteiger partial charge in [-0.25, -0.2) is 0 Å². The van der Waals surface area contributed by atoms with Gasteiger partial charge in [-0.2, -0.15) is 0 Å². The zero-order valence-electron chi connectivity index (χ0n) is 13.3. The predicted octanol–water partition coefficient (Wildman–Crippen LogP) is 2.87. The Labute approximate surface area is 128 Å². The summed E-state index contributed by atoms with van der Waals surface area (Å²) in [4.78, 5) is 2.68. The highest BCUT2D eigenvalue weighted by Crippen LogP contribution is 2.34. The van der Waals surface area contributed by atoms with Crippen LogP contribution in [0.5, 0.6) is 5.75 Å². The lowest BCUT2D eigenvalue weighted by Gasteiger charge is -2.40. The van der Waals surface area contributed by atoms with Crippen LogP contribution in [0.15, 0.2) is 24.3 Å². The second-order valence-electron chi connectivity index (χ2n) is 6.48. The first-order valence-corrected chi connectivity index (χ1v) is 8.43. The highest BCUT2D eigenvalue weighted by atomic mass is 16.5. The Hall–Kier alpha value is -1.06. The topological polar surface area (TPSA) is 24.5 Å². The van der Waals surface area contributed by atoms with Gasteiger partial charge < -0.3 is 15.0 Å². The molecule has 1 fully saturated rings. The minimum atomic E-state index is 0.638. The number of para-hydroxylation sites is 1. The molecule has 3 unspecified atom stereocenters. The summed E-state index contributed by atoms with van der Waals surface area (Å²) in [5.41, 5.74) is 1.41. The van der Waals surface area contributed by atoms with E-state index in [-0.39, 0.29) is 0 Å². The third-order valence-electron chi connectivity index (χ3n) is 5.27. The van der Waals surface area contributed by atoms with E-state index in [1.54, 1.807) is 0 Å². The van der Waals surface area contributed by atoms with Crippen molar-refractivity contribution in [3.8, 4) is 5.75 Å². The standard InChI is InChI=1S/C18H28N2O/c1-3-14-12-20(10-8-17(14)19-2)13-15-9-11-21-18-7-5-4-6-16(15)18/h4-7,14-15,17,19H,3,8-13H2,1-2H3. The number of hydrogen-bond donors (Lipinski definition) is 1. The van der Waals surface area contributed by atoms with Crippen LogP contribution in [0.25, 0.3) is 0 Å². The van der Waals surface area contributed by atoms with Gasteiger partial charge in [0.1, 0.15) is 5.75 Å². The molecule has 0 spiro atoms. The van der Waals surface area contributed by atoms with Crippen molar-refractivity contribution >= 4 is 0 Å². The lowest BCUT2D eigenvalue weighted by atomic mass is 9.87. The van der Waals surface area contributed by atoms with Crippen LogP contribution in [-0.2, 0) is 0 Å². The second kappa shape index (κ2) is 6.80. The summed E-state index contributed by atoms with van der Waals surface area (Å²) < 4.78 is 5.79. The molecule has 3 atom stereocenters. The largest absolute Gasteiger partial charge is 0.493 e. The molecule has 21 heavy (non-hydrogen) atoms. The van der Waals surface area contributed by atoms with Crippen LogP contribution in [0.4, 0.5) is 0 Å². The van der Waals surface area contributed by atoms with Crippen LogP contribution in [0.2, 0.25) is 0 Å². The van der Waals surface area contributed by atoms with Crippen molar-refractivity contribution in [1.29, 1.82) is 0 Å². The molecule has 0 bridgehead atoms. The highest BCUT2D eigenvalue weighted by Gasteiger charge is 2.30. The zero-order valence-corrected chi connectivity index (χ0v) is 13.3. The molecule has 1 aromatic rings. The Kier molecular flexibility index (Phi) is 4.81. The van der Waals surface area contributed by atoms with Crippen LogP contribution in [0.3, 0.4) is 0 Å². The van der Waals surface area contributed by atoms with E-state index < -0.39 is 0 Å². The van der Waals surface area contributed by atoms with Gasteiger partial charge in [0.2, 0.25) is 0 Å². The summed E-state index contributed by atoms with van der Waals surface area (Å²) in [7, 11) is 2.11. The van der Waals surface area contributed by atoms with Crippen molar-refractivity contribution in [2.75, 3.05) is 33.3 Å². The van der Waals surface area contributed by atoms with E-state index in [1.807, 2.05) is 0 Å². The SMILES string of the molecule is CCC1CN(CC2CCOc3ccccc32)CCC1NC. The number of nitrogens with zero attached hydrogens (tertiary/aromatic N) is 1. The Morgan fingerprint density at radius 1 is 1.29 bits per heavy atom. The van der Waals surface area contributed by atoms with Crippen LogP contribution in [-0.4, -0.2) is 44.2 Å². The first-order valence-electron chi connectivity index (χ1n) is 8.43. The van der Waals surface area contributed by atoms with E-state index in [2.05, 4.69) is 48.5 Å². The molecule has 3 nitrogen and oxygen atoms in total. The molecular weight excluding hydrogens is 260 g/mol. The average molecular weight is 288 g/mol. The Morgan fingerprint density at radius 3 is 2.95 bits per heavy atom. The van der Waals surface area contributed by atoms with E-state index in [0.717, 1.165) is 24.7 Å². The van der Waals surface area contributed by atoms with Crippen molar-refractivity contribution in [3.05, 3.63) is 29.8 Å². The quantitative estimate of drug-likeness (QED) is 0.922. The van der Waals surface area contributed by atoms with Gasteiger partial charge in [-0.1, -0.05) is 31.5 Å². The summed E-state index contributed by atoms with van der Waals surface area (Å²) in [6.45, 7) is 6.84. The van der Waals surface area contributed by atoms with Gasteiger partial charge in [0, 0.05) is 25.0 Å². The molecular formula is C18H28N2O. The molecule has 2 aliphatic heterocycles. The van der Waals surface area contributed by atoms with Crippen LogP contribution in [0.1, 0.15) is 37.7 Å². The van der Waals surface area contributed by atoms with Crippen LogP contribution >= 0.6 is 0 Å². The van der Waals surface area contributed by atoms with Gasteiger partial charge in [0.05, 0.1) is 6.61 Å². The normalized spacial score (nSPS) is 29.7. The first-order chi connectivity index (χ1) is 10.3. The number of hydrogen-bond acceptors (Lipinski definition) is 3. The molecule has 116 valence electrons. The molecule has 1 aromatic carbocycles. The summed E-state index contributed by atoms with van der Waals surface area (Å²) in [5, 5.41) is 3.50.